The summed E-state index contributed by atoms with van der Waals surface area (Å²) in [5, 5.41) is 6.53. The molecule has 0 aliphatic carbocycles. The summed E-state index contributed by atoms with van der Waals surface area (Å²) in [4.78, 5) is 4.07. The number of benzene rings is 1. The lowest BCUT2D eigenvalue weighted by atomic mass is 10.2. The molecule has 3 aromatic rings. The standard InChI is InChI=1S/C11H6ClF3N4/c1-5-3-2-4-6-7(5)16-8(12)9-17-18-10(19(6)9)11(13,14)15/h2-4H,1H3. The van der Waals surface area contributed by atoms with Crippen LogP contribution in [-0.4, -0.2) is 19.6 Å². The smallest absolute Gasteiger partial charge is 0.267 e. The van der Waals surface area contributed by atoms with E-state index in [-0.39, 0.29) is 16.3 Å². The van der Waals surface area contributed by atoms with Gasteiger partial charge in [-0.15, -0.1) is 10.2 Å². The van der Waals surface area contributed by atoms with Crippen LogP contribution in [0.15, 0.2) is 18.2 Å². The average Bonchev–Trinajstić information content (AvgIpc) is 2.76. The van der Waals surface area contributed by atoms with Crippen molar-refractivity contribution in [2.45, 2.75) is 13.1 Å². The molecule has 8 heteroatoms. The summed E-state index contributed by atoms with van der Waals surface area (Å²) < 4.78 is 39.7. The van der Waals surface area contributed by atoms with E-state index in [1.54, 1.807) is 19.1 Å². The lowest BCUT2D eigenvalue weighted by molar-refractivity contribution is -0.145. The maximum atomic E-state index is 12.9. The molecule has 0 N–H and O–H groups in total. The highest BCUT2D eigenvalue weighted by Crippen LogP contribution is 2.32. The van der Waals surface area contributed by atoms with Crippen molar-refractivity contribution in [3.8, 4) is 0 Å². The lowest BCUT2D eigenvalue weighted by Gasteiger charge is -2.08. The van der Waals surface area contributed by atoms with Crippen molar-refractivity contribution in [3.63, 3.8) is 0 Å². The van der Waals surface area contributed by atoms with Gasteiger partial charge in [0.2, 0.25) is 5.82 Å². The molecule has 98 valence electrons. The molecular formula is C11H6ClF3N4. The van der Waals surface area contributed by atoms with Crippen molar-refractivity contribution in [1.82, 2.24) is 19.6 Å². The first kappa shape index (κ1) is 12.2. The predicted molar refractivity (Wildman–Crippen MR) is 63.0 cm³/mol. The Morgan fingerprint density at radius 3 is 2.63 bits per heavy atom. The molecule has 0 spiro atoms. The van der Waals surface area contributed by atoms with Crippen LogP contribution in [0.2, 0.25) is 5.15 Å². The van der Waals surface area contributed by atoms with E-state index < -0.39 is 12.0 Å². The summed E-state index contributed by atoms with van der Waals surface area (Å²) in [6.07, 6.45) is -4.61. The van der Waals surface area contributed by atoms with Crippen LogP contribution in [0, 0.1) is 6.92 Å². The van der Waals surface area contributed by atoms with Crippen LogP contribution in [0.5, 0.6) is 0 Å². The Labute approximate surface area is 109 Å². The minimum Gasteiger partial charge on any atom is -0.267 e. The van der Waals surface area contributed by atoms with Crippen LogP contribution in [0.3, 0.4) is 0 Å². The Morgan fingerprint density at radius 2 is 1.95 bits per heavy atom. The second kappa shape index (κ2) is 3.80. The number of halogens is 4. The molecule has 0 unspecified atom stereocenters. The first-order valence-corrected chi connectivity index (χ1v) is 5.64. The quantitative estimate of drug-likeness (QED) is 0.637. The Bertz CT molecular complexity index is 794. The van der Waals surface area contributed by atoms with E-state index in [4.69, 9.17) is 11.6 Å². The summed E-state index contributed by atoms with van der Waals surface area (Å²) >= 11 is 5.87. The third-order valence-corrected chi connectivity index (χ3v) is 3.02. The molecule has 0 radical (unpaired) electrons. The number of aromatic nitrogens is 4. The Kier molecular flexibility index (Phi) is 2.43. The normalized spacial score (nSPS) is 12.5. The molecule has 4 nitrogen and oxygen atoms in total. The number of hydrogen-bond acceptors (Lipinski definition) is 3. The Morgan fingerprint density at radius 1 is 1.21 bits per heavy atom. The second-order valence-corrected chi connectivity index (χ2v) is 4.38. The van der Waals surface area contributed by atoms with Crippen LogP contribution >= 0.6 is 11.6 Å². The Balaban J connectivity index is 2.58. The molecule has 1 aromatic carbocycles. The van der Waals surface area contributed by atoms with E-state index >= 15 is 0 Å². The molecule has 0 atom stereocenters. The fraction of sp³-hybridized carbons (Fsp3) is 0.182. The Hall–Kier alpha value is -1.89. The zero-order valence-corrected chi connectivity index (χ0v) is 10.3. The maximum Gasteiger partial charge on any atom is 0.452 e. The SMILES string of the molecule is Cc1cccc2c1nc(Cl)c1nnc(C(F)(F)F)n12. The maximum absolute atomic E-state index is 12.9. The first-order valence-electron chi connectivity index (χ1n) is 5.27. The van der Waals surface area contributed by atoms with Crippen molar-refractivity contribution < 1.29 is 13.2 Å². The van der Waals surface area contributed by atoms with Crippen molar-refractivity contribution >= 4 is 28.3 Å². The van der Waals surface area contributed by atoms with Gasteiger partial charge in [-0.25, -0.2) is 4.98 Å². The average molecular weight is 287 g/mol. The number of aryl methyl sites for hydroxylation is 1. The van der Waals surface area contributed by atoms with E-state index in [0.29, 0.717) is 5.52 Å². The van der Waals surface area contributed by atoms with Crippen molar-refractivity contribution in [2.24, 2.45) is 0 Å². The minimum absolute atomic E-state index is 0.105. The van der Waals surface area contributed by atoms with Crippen molar-refractivity contribution in [2.75, 3.05) is 0 Å². The number of para-hydroxylation sites is 1. The first-order chi connectivity index (χ1) is 8.89. The molecule has 0 bridgehead atoms. The van der Waals surface area contributed by atoms with Crippen molar-refractivity contribution in [1.29, 1.82) is 0 Å². The zero-order chi connectivity index (χ0) is 13.8. The fourth-order valence-electron chi connectivity index (χ4n) is 1.95. The minimum atomic E-state index is -4.61. The fourth-order valence-corrected chi connectivity index (χ4v) is 2.15. The molecule has 3 rings (SSSR count). The third-order valence-electron chi connectivity index (χ3n) is 2.77. The molecule has 0 amide bonds. The van der Waals surface area contributed by atoms with Gasteiger partial charge in [-0.05, 0) is 18.6 Å². The number of hydrogen-bond donors (Lipinski definition) is 0. The number of rotatable bonds is 0. The largest absolute Gasteiger partial charge is 0.452 e. The molecule has 0 saturated heterocycles. The molecule has 0 fully saturated rings. The van der Waals surface area contributed by atoms with Gasteiger partial charge in [0.1, 0.15) is 0 Å². The lowest BCUT2D eigenvalue weighted by Crippen LogP contribution is -2.11. The number of alkyl halides is 3. The summed E-state index contributed by atoms with van der Waals surface area (Å²) in [5.41, 5.74) is 1.29. The van der Waals surface area contributed by atoms with E-state index in [9.17, 15) is 13.2 Å². The monoisotopic (exact) mass is 286 g/mol. The highest BCUT2D eigenvalue weighted by molar-refractivity contribution is 6.32. The van der Waals surface area contributed by atoms with Crippen LogP contribution in [0.1, 0.15) is 11.4 Å². The predicted octanol–water partition coefficient (Wildman–Crippen LogP) is 3.26. The van der Waals surface area contributed by atoms with Crippen molar-refractivity contribution in [3.05, 3.63) is 34.7 Å². The summed E-state index contributed by atoms with van der Waals surface area (Å²) in [6, 6.07) is 4.92. The van der Waals surface area contributed by atoms with E-state index in [1.807, 2.05) is 0 Å². The highest BCUT2D eigenvalue weighted by atomic mass is 35.5. The highest BCUT2D eigenvalue weighted by Gasteiger charge is 2.38. The van der Waals surface area contributed by atoms with Crippen LogP contribution in [-0.2, 0) is 6.18 Å². The van der Waals surface area contributed by atoms with Gasteiger partial charge in [0.25, 0.3) is 0 Å². The topological polar surface area (TPSA) is 43.1 Å². The number of fused-ring (bicyclic) bond motifs is 3. The molecule has 0 aliphatic heterocycles. The molecule has 2 heterocycles. The van der Waals surface area contributed by atoms with E-state index in [2.05, 4.69) is 15.2 Å². The zero-order valence-electron chi connectivity index (χ0n) is 9.53. The molecule has 2 aromatic heterocycles. The van der Waals surface area contributed by atoms with Crippen LogP contribution in [0.4, 0.5) is 13.2 Å². The van der Waals surface area contributed by atoms with Gasteiger partial charge in [-0.1, -0.05) is 23.7 Å². The molecule has 0 saturated carbocycles. The second-order valence-electron chi connectivity index (χ2n) is 4.03. The summed E-state index contributed by atoms with van der Waals surface area (Å²) in [5.74, 6) is -1.11. The van der Waals surface area contributed by atoms with Crippen LogP contribution < -0.4 is 0 Å². The molecular weight excluding hydrogens is 281 g/mol. The summed E-state index contributed by atoms with van der Waals surface area (Å²) in [6.45, 7) is 1.75. The summed E-state index contributed by atoms with van der Waals surface area (Å²) in [7, 11) is 0. The van der Waals surface area contributed by atoms with E-state index in [1.165, 1.54) is 6.07 Å². The number of nitrogens with zero attached hydrogens (tertiary/aromatic N) is 4. The van der Waals surface area contributed by atoms with Gasteiger partial charge in [0, 0.05) is 0 Å². The van der Waals surface area contributed by atoms with Gasteiger partial charge in [0.05, 0.1) is 11.0 Å². The van der Waals surface area contributed by atoms with Gasteiger partial charge in [-0.3, -0.25) is 4.40 Å². The van der Waals surface area contributed by atoms with Gasteiger partial charge >= 0.3 is 6.18 Å². The third kappa shape index (κ3) is 1.73. The van der Waals surface area contributed by atoms with Gasteiger partial charge in [0.15, 0.2) is 10.8 Å². The molecule has 0 aliphatic rings. The molecule has 19 heavy (non-hydrogen) atoms. The van der Waals surface area contributed by atoms with Gasteiger partial charge in [-0.2, -0.15) is 13.2 Å². The van der Waals surface area contributed by atoms with Gasteiger partial charge < -0.3 is 0 Å². The van der Waals surface area contributed by atoms with Crippen LogP contribution in [0.25, 0.3) is 16.7 Å². The van der Waals surface area contributed by atoms with E-state index in [0.717, 1.165) is 9.96 Å².